The van der Waals surface area contributed by atoms with Crippen molar-refractivity contribution in [3.63, 3.8) is 0 Å². The molecule has 0 saturated carbocycles. The Labute approximate surface area is 206 Å². The van der Waals surface area contributed by atoms with E-state index in [-0.39, 0.29) is 24.8 Å². The van der Waals surface area contributed by atoms with Gasteiger partial charge < -0.3 is 19.4 Å². The number of rotatable bonds is 9. The number of allylic oxidation sites excluding steroid dienone is 1. The van der Waals surface area contributed by atoms with Crippen molar-refractivity contribution in [2.45, 2.75) is 52.0 Å². The standard InChI is InChI=1S/C28H32N2O5/c1-3-34-22-12-8-19(9-13-22)18-21-6-5-7-24-27(21)29-30(25(31)16-17-26(32)33)28(24)20-10-14-23(15-11-20)35-4-2/h8-15,18,28-29H,3-7,16-17H2,1-2H3,(H,32,33)/p-1/b21-18+/t28-/m1/s1. The molecule has 1 aliphatic carbocycles. The van der Waals surface area contributed by atoms with Crippen molar-refractivity contribution in [3.05, 3.63) is 76.5 Å². The third-order valence-corrected chi connectivity index (χ3v) is 6.21. The first-order valence-electron chi connectivity index (χ1n) is 12.2. The van der Waals surface area contributed by atoms with E-state index in [2.05, 4.69) is 11.5 Å². The Bertz CT molecular complexity index is 1120. The van der Waals surface area contributed by atoms with Crippen LogP contribution < -0.4 is 20.0 Å². The Hall–Kier alpha value is -3.74. The minimum Gasteiger partial charge on any atom is -0.550 e. The normalized spacial score (nSPS) is 18.3. The maximum Gasteiger partial charge on any atom is 0.242 e. The topological polar surface area (TPSA) is 90.9 Å². The first kappa shape index (κ1) is 24.4. The fraction of sp³-hybridized carbons (Fsp3) is 0.357. The zero-order valence-electron chi connectivity index (χ0n) is 20.2. The van der Waals surface area contributed by atoms with E-state index >= 15 is 0 Å². The van der Waals surface area contributed by atoms with Gasteiger partial charge in [-0.25, -0.2) is 5.01 Å². The number of nitrogens with one attached hydrogen (secondary N) is 1. The number of carboxylic acid groups (broad SMARTS) is 1. The molecule has 1 N–H and O–H groups in total. The highest BCUT2D eigenvalue weighted by Gasteiger charge is 2.39. The van der Waals surface area contributed by atoms with Crippen LogP contribution in [0.1, 0.15) is 63.1 Å². The molecule has 0 bridgehead atoms. The van der Waals surface area contributed by atoms with E-state index in [1.807, 2.05) is 62.4 Å². The lowest BCUT2D eigenvalue weighted by Gasteiger charge is -2.27. The van der Waals surface area contributed by atoms with Crippen molar-refractivity contribution in [2.24, 2.45) is 0 Å². The first-order chi connectivity index (χ1) is 17.0. The summed E-state index contributed by atoms with van der Waals surface area (Å²) in [5.41, 5.74) is 8.56. The van der Waals surface area contributed by atoms with Gasteiger partial charge in [-0.3, -0.25) is 10.2 Å². The zero-order valence-corrected chi connectivity index (χ0v) is 20.2. The highest BCUT2D eigenvalue weighted by atomic mass is 16.5. The molecule has 0 unspecified atom stereocenters. The molecule has 2 aromatic rings. The van der Waals surface area contributed by atoms with Crippen molar-refractivity contribution in [1.29, 1.82) is 0 Å². The molecule has 0 fully saturated rings. The molecule has 1 aliphatic heterocycles. The maximum absolute atomic E-state index is 13.1. The summed E-state index contributed by atoms with van der Waals surface area (Å²) in [7, 11) is 0. The van der Waals surface area contributed by atoms with E-state index in [1.165, 1.54) is 0 Å². The monoisotopic (exact) mass is 475 g/mol. The van der Waals surface area contributed by atoms with E-state index < -0.39 is 5.97 Å². The Morgan fingerprint density at radius 2 is 1.60 bits per heavy atom. The van der Waals surface area contributed by atoms with Crippen LogP contribution in [0.5, 0.6) is 11.5 Å². The Morgan fingerprint density at radius 1 is 0.971 bits per heavy atom. The molecule has 0 aromatic heterocycles. The number of benzene rings is 2. The summed E-state index contributed by atoms with van der Waals surface area (Å²) in [4.78, 5) is 24.1. The van der Waals surface area contributed by atoms with Crippen LogP contribution in [0.3, 0.4) is 0 Å². The highest BCUT2D eigenvalue weighted by molar-refractivity contribution is 5.81. The number of hydrazine groups is 1. The van der Waals surface area contributed by atoms with Crippen LogP contribution in [0, 0.1) is 0 Å². The van der Waals surface area contributed by atoms with Crippen LogP contribution in [-0.4, -0.2) is 30.1 Å². The number of hydrogen-bond donors (Lipinski definition) is 1. The first-order valence-corrected chi connectivity index (χ1v) is 12.2. The SMILES string of the molecule is CCOc1ccc(/C=C2\CCCC3=C2NN(C(=O)CCC(=O)[O-])[C@@H]3c2ccc(OCC)cc2)cc1. The number of amides is 1. The van der Waals surface area contributed by atoms with Gasteiger partial charge in [0.1, 0.15) is 17.5 Å². The van der Waals surface area contributed by atoms with E-state index in [9.17, 15) is 14.7 Å². The minimum atomic E-state index is -1.23. The van der Waals surface area contributed by atoms with Crippen molar-refractivity contribution in [3.8, 4) is 11.5 Å². The fourth-order valence-electron chi connectivity index (χ4n) is 4.65. The van der Waals surface area contributed by atoms with Crippen LogP contribution in [0.15, 0.2) is 65.4 Å². The van der Waals surface area contributed by atoms with Crippen molar-refractivity contribution in [2.75, 3.05) is 13.2 Å². The number of carboxylic acids is 1. The van der Waals surface area contributed by atoms with Gasteiger partial charge in [-0.2, -0.15) is 0 Å². The average molecular weight is 476 g/mol. The largest absolute Gasteiger partial charge is 0.550 e. The maximum atomic E-state index is 13.1. The summed E-state index contributed by atoms with van der Waals surface area (Å²) in [6, 6.07) is 15.4. The molecule has 0 saturated heterocycles. The van der Waals surface area contributed by atoms with Gasteiger partial charge >= 0.3 is 0 Å². The molecular formula is C28H31N2O5-. The summed E-state index contributed by atoms with van der Waals surface area (Å²) >= 11 is 0. The molecule has 1 heterocycles. The van der Waals surface area contributed by atoms with Gasteiger partial charge in [0.15, 0.2) is 0 Å². The quantitative estimate of drug-likeness (QED) is 0.591. The molecule has 7 nitrogen and oxygen atoms in total. The lowest BCUT2D eigenvalue weighted by molar-refractivity contribution is -0.305. The summed E-state index contributed by atoms with van der Waals surface area (Å²) in [5.74, 6) is 0.0929. The second-order valence-electron chi connectivity index (χ2n) is 8.58. The molecule has 4 rings (SSSR count). The van der Waals surface area contributed by atoms with Gasteiger partial charge in [0.05, 0.1) is 18.9 Å². The predicted molar refractivity (Wildman–Crippen MR) is 131 cm³/mol. The van der Waals surface area contributed by atoms with Crippen molar-refractivity contribution < 1.29 is 24.2 Å². The Morgan fingerprint density at radius 3 is 2.20 bits per heavy atom. The molecule has 2 aliphatic rings. The molecule has 35 heavy (non-hydrogen) atoms. The minimum absolute atomic E-state index is 0.124. The summed E-state index contributed by atoms with van der Waals surface area (Å²) < 4.78 is 11.1. The third-order valence-electron chi connectivity index (χ3n) is 6.21. The van der Waals surface area contributed by atoms with Crippen LogP contribution in [0.4, 0.5) is 0 Å². The predicted octanol–water partition coefficient (Wildman–Crippen LogP) is 3.92. The number of aliphatic carboxylic acids is 1. The van der Waals surface area contributed by atoms with E-state index in [4.69, 9.17) is 9.47 Å². The van der Waals surface area contributed by atoms with Crippen molar-refractivity contribution >= 4 is 18.0 Å². The van der Waals surface area contributed by atoms with Crippen LogP contribution in [0.2, 0.25) is 0 Å². The fourth-order valence-corrected chi connectivity index (χ4v) is 4.65. The van der Waals surface area contributed by atoms with Gasteiger partial charge in [-0.1, -0.05) is 24.3 Å². The Kier molecular flexibility index (Phi) is 7.75. The lowest BCUT2D eigenvalue weighted by atomic mass is 9.85. The van der Waals surface area contributed by atoms with Gasteiger partial charge in [0, 0.05) is 12.4 Å². The van der Waals surface area contributed by atoms with Gasteiger partial charge in [0.25, 0.3) is 0 Å². The molecule has 2 aromatic carbocycles. The molecule has 7 heteroatoms. The van der Waals surface area contributed by atoms with Crippen molar-refractivity contribution in [1.82, 2.24) is 10.4 Å². The third kappa shape index (κ3) is 5.67. The summed E-state index contributed by atoms with van der Waals surface area (Å²) in [5, 5.41) is 12.6. The molecule has 0 spiro atoms. The number of ether oxygens (including phenoxy) is 2. The average Bonchev–Trinajstić information content (AvgIpc) is 3.25. The highest BCUT2D eigenvalue weighted by Crippen LogP contribution is 2.44. The van der Waals surface area contributed by atoms with Crippen LogP contribution in [0.25, 0.3) is 6.08 Å². The summed E-state index contributed by atoms with van der Waals surface area (Å²) in [6.45, 7) is 5.09. The second-order valence-corrected chi connectivity index (χ2v) is 8.58. The second kappa shape index (κ2) is 11.1. The van der Waals surface area contributed by atoms with Gasteiger partial charge in [-0.05, 0) is 92.1 Å². The van der Waals surface area contributed by atoms with Gasteiger partial charge in [0.2, 0.25) is 5.91 Å². The molecular weight excluding hydrogens is 444 g/mol. The lowest BCUT2D eigenvalue weighted by Crippen LogP contribution is -2.40. The number of carbonyl (C=O) groups is 2. The number of nitrogens with zero attached hydrogens (tertiary/aromatic N) is 1. The molecule has 0 radical (unpaired) electrons. The van der Waals surface area contributed by atoms with E-state index in [1.54, 1.807) is 5.01 Å². The van der Waals surface area contributed by atoms with Crippen LogP contribution in [-0.2, 0) is 9.59 Å². The van der Waals surface area contributed by atoms with E-state index in [0.717, 1.165) is 58.7 Å². The van der Waals surface area contributed by atoms with E-state index in [0.29, 0.717) is 13.2 Å². The molecule has 1 amide bonds. The molecule has 1 atom stereocenters. The zero-order chi connectivity index (χ0) is 24.8. The molecule has 184 valence electrons. The smallest absolute Gasteiger partial charge is 0.242 e. The van der Waals surface area contributed by atoms with Crippen LogP contribution >= 0.6 is 0 Å². The van der Waals surface area contributed by atoms with Gasteiger partial charge in [-0.15, -0.1) is 0 Å². The number of hydrogen-bond acceptors (Lipinski definition) is 6. The summed E-state index contributed by atoms with van der Waals surface area (Å²) in [6.07, 6.45) is 4.41. The Balaban J connectivity index is 1.67. The number of carbonyl (C=O) groups excluding carboxylic acids is 2.